The normalized spacial score (nSPS) is 8.91. The molecule has 0 heterocycles. The van der Waals surface area contributed by atoms with Crippen molar-refractivity contribution in [2.75, 3.05) is 19.6 Å². The second-order valence-corrected chi connectivity index (χ2v) is 2.78. The van der Waals surface area contributed by atoms with E-state index in [-0.39, 0.29) is 0 Å². The molecule has 0 saturated carbocycles. The molecular weight excluding hydrogens is 182 g/mol. The molecule has 0 aliphatic rings. The van der Waals surface area contributed by atoms with Crippen molar-refractivity contribution in [3.63, 3.8) is 0 Å². The molecule has 0 amide bonds. The molecule has 4 nitrogen and oxygen atoms in total. The first-order valence-electron chi connectivity index (χ1n) is 3.72. The molecule has 0 aromatic carbocycles. The van der Waals surface area contributed by atoms with E-state index in [1.165, 1.54) is 19.6 Å². The van der Waals surface area contributed by atoms with Gasteiger partial charge >= 0.3 is 29.3 Å². The Hall–Kier alpha value is 0.394. The Kier molecular flexibility index (Phi) is 13.2. The maximum absolute atomic E-state index is 8.81. The van der Waals surface area contributed by atoms with Gasteiger partial charge in [-0.3, -0.25) is 0 Å². The van der Waals surface area contributed by atoms with Crippen molar-refractivity contribution in [1.82, 2.24) is 4.90 Å². The van der Waals surface area contributed by atoms with Crippen LogP contribution in [0.1, 0.15) is 20.8 Å². The van der Waals surface area contributed by atoms with Gasteiger partial charge in [0.05, 0.1) is 0 Å². The number of hydrogen-bond donors (Lipinski definition) is 2. The first-order valence-corrected chi connectivity index (χ1v) is 5.76. The predicted octanol–water partition coefficient (Wildman–Crippen LogP) is 0.113. The second kappa shape index (κ2) is 10.4. The summed E-state index contributed by atoms with van der Waals surface area (Å²) >= 11 is -3.58. The van der Waals surface area contributed by atoms with E-state index >= 15 is 0 Å². The van der Waals surface area contributed by atoms with E-state index in [4.69, 9.17) is 10.7 Å². The topological polar surface area (TPSA) is 60.8 Å². The van der Waals surface area contributed by atoms with Crippen molar-refractivity contribution in [1.29, 1.82) is 0 Å². The van der Waals surface area contributed by atoms with Crippen LogP contribution in [0.15, 0.2) is 0 Å². The summed E-state index contributed by atoms with van der Waals surface area (Å²) in [5.41, 5.74) is 0. The van der Waals surface area contributed by atoms with Crippen LogP contribution in [0.3, 0.4) is 0 Å². The van der Waals surface area contributed by atoms with Crippen LogP contribution in [0.4, 0.5) is 0 Å². The van der Waals surface area contributed by atoms with Gasteiger partial charge in [0.1, 0.15) is 0 Å². The van der Waals surface area contributed by atoms with Gasteiger partial charge in [-0.15, -0.1) is 0 Å². The van der Waals surface area contributed by atoms with Crippen LogP contribution < -0.4 is 0 Å². The predicted molar refractivity (Wildman–Crippen MR) is 38.6 cm³/mol. The molecule has 68 valence electrons. The van der Waals surface area contributed by atoms with Gasteiger partial charge in [0.25, 0.3) is 0 Å². The standard InChI is InChI=1S/C6H15N.2H2O.O.Ti/c1-4-7(5-2)6-3;;;;/h4-6H2,1-3H3;2*1H2;;/q;;;;+2/p-2. The van der Waals surface area contributed by atoms with E-state index in [1.807, 2.05) is 0 Å². The molecule has 0 fully saturated rings. The molecule has 0 aliphatic heterocycles. The summed E-state index contributed by atoms with van der Waals surface area (Å²) < 4.78 is 23.2. The minimum absolute atomic E-state index is 1.19. The summed E-state index contributed by atoms with van der Waals surface area (Å²) in [5, 5.41) is 0. The second-order valence-electron chi connectivity index (χ2n) is 1.90. The third kappa shape index (κ3) is 17.9. The first-order chi connectivity index (χ1) is 5.08. The Bertz CT molecular complexity index is 86.3. The summed E-state index contributed by atoms with van der Waals surface area (Å²) in [6, 6.07) is 0. The number of nitrogens with zero attached hydrogens (tertiary/aromatic N) is 1. The van der Waals surface area contributed by atoms with E-state index in [9.17, 15) is 0 Å². The molecule has 0 radical (unpaired) electrons. The SMILES string of the molecule is CCN(CC)CC.[O]=[Ti]([OH])[OH]. The van der Waals surface area contributed by atoms with Crippen molar-refractivity contribution < 1.29 is 29.3 Å². The fourth-order valence-corrected chi connectivity index (χ4v) is 0.671. The fraction of sp³-hybridized carbons (Fsp3) is 1.00. The molecular formula is C6H17NO3Ti. The Balaban J connectivity index is 0. The average Bonchev–Trinajstić information content (AvgIpc) is 1.90. The van der Waals surface area contributed by atoms with Crippen molar-refractivity contribution in [3.8, 4) is 0 Å². The Morgan fingerprint density at radius 3 is 1.27 bits per heavy atom. The molecule has 0 aromatic rings. The fourth-order valence-electron chi connectivity index (χ4n) is 0.671. The van der Waals surface area contributed by atoms with Gasteiger partial charge in [-0.25, -0.2) is 0 Å². The van der Waals surface area contributed by atoms with Crippen LogP contribution in [-0.4, -0.2) is 31.9 Å². The Labute approximate surface area is 74.9 Å². The zero-order valence-electron chi connectivity index (χ0n) is 7.37. The monoisotopic (exact) mass is 199 g/mol. The molecule has 0 atom stereocenters. The summed E-state index contributed by atoms with van der Waals surface area (Å²) in [4.78, 5) is 2.38. The van der Waals surface area contributed by atoms with Crippen molar-refractivity contribution in [3.05, 3.63) is 0 Å². The molecule has 0 aromatic heterocycles. The quantitative estimate of drug-likeness (QED) is 0.633. The van der Waals surface area contributed by atoms with Crippen LogP contribution in [0.5, 0.6) is 0 Å². The minimum atomic E-state index is -3.58. The van der Waals surface area contributed by atoms with E-state index in [2.05, 4.69) is 25.7 Å². The van der Waals surface area contributed by atoms with E-state index in [0.717, 1.165) is 0 Å². The van der Waals surface area contributed by atoms with E-state index in [1.54, 1.807) is 0 Å². The zero-order valence-corrected chi connectivity index (χ0v) is 8.93. The van der Waals surface area contributed by atoms with Gasteiger partial charge in [0.2, 0.25) is 0 Å². The molecule has 0 bridgehead atoms. The Morgan fingerprint density at radius 2 is 1.27 bits per heavy atom. The third-order valence-corrected chi connectivity index (χ3v) is 1.34. The third-order valence-electron chi connectivity index (χ3n) is 1.34. The van der Waals surface area contributed by atoms with Gasteiger partial charge < -0.3 is 4.90 Å². The van der Waals surface area contributed by atoms with Gasteiger partial charge in [0, 0.05) is 0 Å². The average molecular weight is 199 g/mol. The van der Waals surface area contributed by atoms with Crippen LogP contribution in [0.2, 0.25) is 0 Å². The molecule has 0 unspecified atom stereocenters. The molecule has 0 saturated heterocycles. The summed E-state index contributed by atoms with van der Waals surface area (Å²) in [7, 11) is 0. The van der Waals surface area contributed by atoms with Gasteiger partial charge in [-0.05, 0) is 19.6 Å². The molecule has 11 heavy (non-hydrogen) atoms. The zero-order chi connectivity index (χ0) is 9.28. The van der Waals surface area contributed by atoms with Gasteiger partial charge in [-0.2, -0.15) is 0 Å². The van der Waals surface area contributed by atoms with E-state index in [0.29, 0.717) is 0 Å². The molecule has 0 aliphatic carbocycles. The van der Waals surface area contributed by atoms with Crippen LogP contribution in [-0.2, 0) is 21.9 Å². The van der Waals surface area contributed by atoms with Crippen LogP contribution in [0.25, 0.3) is 0 Å². The Morgan fingerprint density at radius 1 is 1.09 bits per heavy atom. The van der Waals surface area contributed by atoms with Crippen molar-refractivity contribution in [2.24, 2.45) is 0 Å². The van der Waals surface area contributed by atoms with Gasteiger partial charge in [0.15, 0.2) is 0 Å². The summed E-state index contributed by atoms with van der Waals surface area (Å²) in [5.74, 6) is 0. The summed E-state index contributed by atoms with van der Waals surface area (Å²) in [6.45, 7) is 10.1. The van der Waals surface area contributed by atoms with Crippen LogP contribution >= 0.6 is 0 Å². The summed E-state index contributed by atoms with van der Waals surface area (Å²) in [6.07, 6.45) is 0. The van der Waals surface area contributed by atoms with Crippen LogP contribution in [0, 0.1) is 0 Å². The maximum atomic E-state index is 8.81. The molecule has 0 rings (SSSR count). The number of rotatable bonds is 3. The molecule has 2 N–H and O–H groups in total. The first kappa shape index (κ1) is 13.9. The molecule has 0 spiro atoms. The molecule has 5 heteroatoms. The van der Waals surface area contributed by atoms with Crippen molar-refractivity contribution in [2.45, 2.75) is 20.8 Å². The number of hydrogen-bond acceptors (Lipinski definition) is 2. The van der Waals surface area contributed by atoms with E-state index < -0.39 is 18.6 Å². The van der Waals surface area contributed by atoms with Gasteiger partial charge in [-0.1, -0.05) is 20.8 Å². The van der Waals surface area contributed by atoms with Crippen molar-refractivity contribution >= 4 is 0 Å².